The van der Waals surface area contributed by atoms with Crippen molar-refractivity contribution in [2.24, 2.45) is 0 Å². The van der Waals surface area contributed by atoms with Gasteiger partial charge in [-0.2, -0.15) is 4.31 Å². The number of anilines is 1. The van der Waals surface area contributed by atoms with Gasteiger partial charge in [0.05, 0.1) is 12.7 Å². The van der Waals surface area contributed by atoms with Crippen molar-refractivity contribution in [2.45, 2.75) is 31.3 Å². The van der Waals surface area contributed by atoms with Gasteiger partial charge in [0.1, 0.15) is 10.7 Å². The van der Waals surface area contributed by atoms with E-state index in [0.717, 1.165) is 6.42 Å². The Labute approximate surface area is 120 Å². The van der Waals surface area contributed by atoms with E-state index < -0.39 is 10.0 Å². The first-order valence-electron chi connectivity index (χ1n) is 6.90. The van der Waals surface area contributed by atoms with Crippen LogP contribution in [0.2, 0.25) is 0 Å². The number of rotatable bonds is 5. The molecule has 0 radical (unpaired) electrons. The number of nitrogens with one attached hydrogen (secondary N) is 1. The summed E-state index contributed by atoms with van der Waals surface area (Å²) < 4.78 is 32.5. The first-order valence-corrected chi connectivity index (χ1v) is 8.34. The molecule has 1 unspecified atom stereocenters. The van der Waals surface area contributed by atoms with Crippen molar-refractivity contribution in [1.82, 2.24) is 9.29 Å². The van der Waals surface area contributed by atoms with Gasteiger partial charge in [-0.1, -0.05) is 6.92 Å². The third-order valence-corrected chi connectivity index (χ3v) is 5.19. The van der Waals surface area contributed by atoms with E-state index in [0.29, 0.717) is 32.1 Å². The van der Waals surface area contributed by atoms with Crippen LogP contribution in [0.5, 0.6) is 0 Å². The van der Waals surface area contributed by atoms with E-state index in [1.54, 1.807) is 18.3 Å². The van der Waals surface area contributed by atoms with Crippen LogP contribution in [0.4, 0.5) is 5.82 Å². The summed E-state index contributed by atoms with van der Waals surface area (Å²) >= 11 is 0. The van der Waals surface area contributed by atoms with Gasteiger partial charge in [-0.25, -0.2) is 13.4 Å². The molecule has 0 saturated carbocycles. The summed E-state index contributed by atoms with van der Waals surface area (Å²) in [6, 6.07) is 3.24. The lowest BCUT2D eigenvalue weighted by molar-refractivity contribution is -0.00277. The van der Waals surface area contributed by atoms with Gasteiger partial charge in [0.2, 0.25) is 10.0 Å². The molecule has 7 heteroatoms. The van der Waals surface area contributed by atoms with Crippen LogP contribution in [-0.2, 0) is 14.8 Å². The van der Waals surface area contributed by atoms with Crippen LogP contribution in [0.25, 0.3) is 0 Å². The summed E-state index contributed by atoms with van der Waals surface area (Å²) in [5, 5.41) is 3.00. The first kappa shape index (κ1) is 15.2. The number of aromatic nitrogens is 1. The molecule has 1 aromatic rings. The maximum Gasteiger partial charge on any atom is 0.246 e. The summed E-state index contributed by atoms with van der Waals surface area (Å²) in [5.41, 5.74) is 0. The van der Waals surface area contributed by atoms with Crippen molar-refractivity contribution in [3.63, 3.8) is 0 Å². The summed E-state index contributed by atoms with van der Waals surface area (Å²) in [6.07, 6.45) is 2.36. The fourth-order valence-electron chi connectivity index (χ4n) is 2.20. The minimum atomic E-state index is -3.53. The van der Waals surface area contributed by atoms with E-state index in [9.17, 15) is 8.42 Å². The lowest BCUT2D eigenvalue weighted by Crippen LogP contribution is -2.45. The second-order valence-electron chi connectivity index (χ2n) is 4.64. The van der Waals surface area contributed by atoms with Gasteiger partial charge in [0, 0.05) is 25.8 Å². The van der Waals surface area contributed by atoms with E-state index in [1.807, 2.05) is 13.8 Å². The van der Waals surface area contributed by atoms with Gasteiger partial charge < -0.3 is 10.1 Å². The Hall–Kier alpha value is -1.18. The van der Waals surface area contributed by atoms with Crippen molar-refractivity contribution >= 4 is 15.8 Å². The number of nitrogens with zero attached hydrogens (tertiary/aromatic N) is 2. The highest BCUT2D eigenvalue weighted by Crippen LogP contribution is 2.24. The quantitative estimate of drug-likeness (QED) is 0.887. The molecule has 2 rings (SSSR count). The van der Waals surface area contributed by atoms with Crippen molar-refractivity contribution < 1.29 is 13.2 Å². The highest BCUT2D eigenvalue weighted by molar-refractivity contribution is 7.89. The molecule has 0 bridgehead atoms. The zero-order valence-electron chi connectivity index (χ0n) is 11.9. The lowest BCUT2D eigenvalue weighted by Gasteiger charge is -2.31. The predicted octanol–water partition coefficient (Wildman–Crippen LogP) is 1.31. The Morgan fingerprint density at radius 3 is 3.00 bits per heavy atom. The minimum absolute atomic E-state index is 0.0298. The van der Waals surface area contributed by atoms with E-state index in [2.05, 4.69) is 10.3 Å². The van der Waals surface area contributed by atoms with Crippen LogP contribution in [0.1, 0.15) is 20.3 Å². The number of sulfonamides is 1. The topological polar surface area (TPSA) is 71.5 Å². The van der Waals surface area contributed by atoms with Crippen LogP contribution in [0.15, 0.2) is 23.2 Å². The van der Waals surface area contributed by atoms with E-state index >= 15 is 0 Å². The van der Waals surface area contributed by atoms with Gasteiger partial charge in [-0.3, -0.25) is 0 Å². The van der Waals surface area contributed by atoms with E-state index in [1.165, 1.54) is 4.31 Å². The Bertz CT molecular complexity index is 548. The number of pyridine rings is 1. The molecular weight excluding hydrogens is 278 g/mol. The van der Waals surface area contributed by atoms with Crippen molar-refractivity contribution in [3.8, 4) is 0 Å². The summed E-state index contributed by atoms with van der Waals surface area (Å²) in [6.45, 7) is 5.76. The van der Waals surface area contributed by atoms with Crippen LogP contribution < -0.4 is 5.32 Å². The second-order valence-corrected chi connectivity index (χ2v) is 6.55. The summed E-state index contributed by atoms with van der Waals surface area (Å²) in [5.74, 6) is 0.412. The number of ether oxygens (including phenoxy) is 1. The molecule has 0 aromatic carbocycles. The third kappa shape index (κ3) is 3.11. The SMILES string of the molecule is CCNc1ncccc1S(=O)(=O)N1CCOC(CC)C1. The van der Waals surface area contributed by atoms with Gasteiger partial charge in [0.25, 0.3) is 0 Å². The van der Waals surface area contributed by atoms with E-state index in [4.69, 9.17) is 4.74 Å². The highest BCUT2D eigenvalue weighted by Gasteiger charge is 2.31. The number of hydrogen-bond donors (Lipinski definition) is 1. The molecule has 1 atom stereocenters. The van der Waals surface area contributed by atoms with Crippen LogP contribution in [0.3, 0.4) is 0 Å². The molecule has 1 fully saturated rings. The largest absolute Gasteiger partial charge is 0.375 e. The van der Waals surface area contributed by atoms with Crippen molar-refractivity contribution in [1.29, 1.82) is 0 Å². The monoisotopic (exact) mass is 299 g/mol. The fourth-order valence-corrected chi connectivity index (χ4v) is 3.77. The molecule has 0 aliphatic carbocycles. The molecule has 20 heavy (non-hydrogen) atoms. The van der Waals surface area contributed by atoms with Crippen molar-refractivity contribution in [2.75, 3.05) is 31.6 Å². The molecule has 0 amide bonds. The number of hydrogen-bond acceptors (Lipinski definition) is 5. The Morgan fingerprint density at radius 1 is 1.50 bits per heavy atom. The zero-order valence-corrected chi connectivity index (χ0v) is 12.7. The molecule has 0 spiro atoms. The standard InChI is InChI=1S/C13H21N3O3S/c1-3-11-10-16(8-9-19-11)20(17,18)12-6-5-7-15-13(12)14-4-2/h5-7,11H,3-4,8-10H2,1-2H3,(H,14,15). The van der Waals surface area contributed by atoms with Crippen molar-refractivity contribution in [3.05, 3.63) is 18.3 Å². The molecule has 112 valence electrons. The average Bonchev–Trinajstić information content (AvgIpc) is 2.48. The van der Waals surface area contributed by atoms with Gasteiger partial charge in [-0.05, 0) is 25.5 Å². The van der Waals surface area contributed by atoms with Gasteiger partial charge in [-0.15, -0.1) is 0 Å². The summed E-state index contributed by atoms with van der Waals surface area (Å²) in [4.78, 5) is 4.36. The predicted molar refractivity (Wildman–Crippen MR) is 77.2 cm³/mol. The van der Waals surface area contributed by atoms with Crippen LogP contribution in [-0.4, -0.2) is 50.1 Å². The van der Waals surface area contributed by atoms with Crippen LogP contribution >= 0.6 is 0 Å². The molecule has 1 saturated heterocycles. The summed E-state index contributed by atoms with van der Waals surface area (Å²) in [7, 11) is -3.53. The second kappa shape index (κ2) is 6.51. The maximum atomic E-state index is 12.7. The normalized spacial score (nSPS) is 20.8. The average molecular weight is 299 g/mol. The number of morpholine rings is 1. The van der Waals surface area contributed by atoms with Gasteiger partial charge in [0.15, 0.2) is 0 Å². The van der Waals surface area contributed by atoms with Gasteiger partial charge >= 0.3 is 0 Å². The lowest BCUT2D eigenvalue weighted by atomic mass is 10.2. The van der Waals surface area contributed by atoms with Crippen LogP contribution in [0, 0.1) is 0 Å². The highest BCUT2D eigenvalue weighted by atomic mass is 32.2. The maximum absolute atomic E-state index is 12.7. The molecule has 1 aliphatic rings. The smallest absolute Gasteiger partial charge is 0.246 e. The minimum Gasteiger partial charge on any atom is -0.375 e. The molecule has 1 N–H and O–H groups in total. The third-order valence-electron chi connectivity index (χ3n) is 3.29. The van der Waals surface area contributed by atoms with E-state index in [-0.39, 0.29) is 11.0 Å². The molecule has 1 aliphatic heterocycles. The Morgan fingerprint density at radius 2 is 2.30 bits per heavy atom. The fraction of sp³-hybridized carbons (Fsp3) is 0.615. The molecule has 2 heterocycles. The first-order chi connectivity index (χ1) is 9.59. The zero-order chi connectivity index (χ0) is 14.6. The molecular formula is C13H21N3O3S. The molecule has 1 aromatic heterocycles. The Balaban J connectivity index is 2.30. The molecule has 6 nitrogen and oxygen atoms in total. The Kier molecular flexibility index (Phi) is 4.95.